The van der Waals surface area contributed by atoms with Crippen molar-refractivity contribution in [2.45, 2.75) is 244 Å². The van der Waals surface area contributed by atoms with E-state index in [0.29, 0.717) is 146 Å². The third-order valence-electron chi connectivity index (χ3n) is 23.8. The predicted octanol–water partition coefficient (Wildman–Crippen LogP) is 13.2. The lowest BCUT2D eigenvalue weighted by Crippen LogP contribution is -2.43. The van der Waals surface area contributed by atoms with E-state index >= 15 is 0 Å². The summed E-state index contributed by atoms with van der Waals surface area (Å²) < 4.78 is 117. The maximum absolute atomic E-state index is 12.8. The van der Waals surface area contributed by atoms with E-state index in [4.69, 9.17) is 33.7 Å². The summed E-state index contributed by atoms with van der Waals surface area (Å²) in [7, 11) is 0. The minimum absolute atomic E-state index is 0.000807. The van der Waals surface area contributed by atoms with Crippen LogP contribution in [0.25, 0.3) is 55.2 Å². The van der Waals surface area contributed by atoms with Gasteiger partial charge in [-0.3, -0.25) is 28.7 Å². The molecule has 19 rings (SSSR count). The van der Waals surface area contributed by atoms with Gasteiger partial charge in [0, 0.05) is 116 Å². The van der Waals surface area contributed by atoms with E-state index in [0.717, 1.165) is 76.0 Å². The number of amides is 3. The largest absolute Gasteiger partial charge is 0.573 e. The maximum atomic E-state index is 12.8. The smallest absolute Gasteiger partial charge is 0.444 e. The van der Waals surface area contributed by atoms with Gasteiger partial charge in [0.2, 0.25) is 0 Å². The molecular weight excluding hydrogens is 1790 g/mol. The van der Waals surface area contributed by atoms with Gasteiger partial charge in [-0.15, -0.1) is 13.2 Å². The fourth-order valence-corrected chi connectivity index (χ4v) is 17.1. The first-order valence-corrected chi connectivity index (χ1v) is 46.1. The Balaban J connectivity index is 0.000000131. The summed E-state index contributed by atoms with van der Waals surface area (Å²) in [4.78, 5) is 141. The maximum Gasteiger partial charge on any atom is 0.573 e. The minimum atomic E-state index is -4.85. The van der Waals surface area contributed by atoms with Gasteiger partial charge in [-0.2, -0.15) is 43.8 Å². The van der Waals surface area contributed by atoms with Crippen LogP contribution in [0.5, 0.6) is 5.75 Å². The molecule has 137 heavy (non-hydrogen) atoms. The fourth-order valence-electron chi connectivity index (χ4n) is 17.1. The van der Waals surface area contributed by atoms with Crippen LogP contribution in [0.1, 0.15) is 223 Å². The van der Waals surface area contributed by atoms with Crippen molar-refractivity contribution in [3.05, 3.63) is 196 Å². The van der Waals surface area contributed by atoms with Crippen molar-refractivity contribution in [1.29, 1.82) is 0 Å². The minimum Gasteiger partial charge on any atom is -0.444 e. The number of aromatic nitrogens is 22. The van der Waals surface area contributed by atoms with Gasteiger partial charge in [0.25, 0.3) is 27.8 Å². The number of aromatic amines is 5. The molecule has 39 nitrogen and oxygen atoms in total. The molecule has 11 aromatic heterocycles. The summed E-state index contributed by atoms with van der Waals surface area (Å²) in [5.74, 6) is 2.60. The number of nitrogens with one attached hydrogen (secondary N) is 5. The van der Waals surface area contributed by atoms with Crippen LogP contribution in [0.4, 0.5) is 40.7 Å². The Bertz CT molecular complexity index is 6680. The summed E-state index contributed by atoms with van der Waals surface area (Å²) in [5.41, 5.74) is 0.831. The predicted molar refractivity (Wildman–Crippen MR) is 489 cm³/mol. The SMILES string of the molecule is CC(C)(C)OC(=O)N1CCC(n2ncc3c(=O)[nH]c(CC4CCC4)nc32)C1.CC(C)(C)OC(=O)N1CCCC(n2ncc3c(=O)[nH]c(Cc4ccccc4)nc32)C1.CC(C)(C)OC(=O)N1CCCC(n2ncc3c(=O)[nH]c(Cc4ccccc4OC(F)(F)F)nc32)C1.O=c1[nH]c(CCCC(F)(F)F)nc2c1cnn2C1CCOCC1.O=c1[nH]c(Cn2cccn2)nc2c1cnn2C1CCOCC1. The van der Waals surface area contributed by atoms with Crippen LogP contribution in [0.3, 0.4) is 0 Å². The van der Waals surface area contributed by atoms with Crippen LogP contribution in [0, 0.1) is 5.92 Å². The lowest BCUT2D eigenvalue weighted by molar-refractivity contribution is -0.274. The van der Waals surface area contributed by atoms with Crippen LogP contribution < -0.4 is 32.5 Å². The van der Waals surface area contributed by atoms with E-state index in [-0.39, 0.29) is 112 Å². The highest BCUT2D eigenvalue weighted by Gasteiger charge is 2.38. The lowest BCUT2D eigenvalue weighted by Gasteiger charge is -2.34. The molecule has 5 aliphatic heterocycles. The Kier molecular flexibility index (Phi) is 30.1. The molecule has 5 saturated heterocycles. The highest BCUT2D eigenvalue weighted by molar-refractivity contribution is 5.77. The molecule has 0 radical (unpaired) electrons. The van der Waals surface area contributed by atoms with Crippen molar-refractivity contribution in [3.8, 4) is 5.75 Å². The van der Waals surface area contributed by atoms with Gasteiger partial charge in [0.15, 0.2) is 28.2 Å². The van der Waals surface area contributed by atoms with Gasteiger partial charge in [-0.1, -0.05) is 67.8 Å². The Morgan fingerprint density at radius 2 is 0.803 bits per heavy atom. The molecule has 3 unspecified atom stereocenters. The van der Waals surface area contributed by atoms with E-state index in [1.165, 1.54) is 49.9 Å². The number of carbonyl (C=O) groups excluding carboxylic acids is 3. The number of hydrogen-bond acceptors (Lipinski definition) is 25. The van der Waals surface area contributed by atoms with Gasteiger partial charge >= 0.3 is 30.8 Å². The summed E-state index contributed by atoms with van der Waals surface area (Å²) in [6.07, 6.45) is 12.2. The summed E-state index contributed by atoms with van der Waals surface area (Å²) in [5, 5.41) is 28.1. The molecule has 0 bridgehead atoms. The van der Waals surface area contributed by atoms with E-state index in [9.17, 15) is 64.7 Å². The second-order valence-corrected chi connectivity index (χ2v) is 37.9. The number of rotatable bonds is 17. The fraction of sp³-hybridized carbons (Fsp3) is 0.533. The summed E-state index contributed by atoms with van der Waals surface area (Å²) in [6.45, 7) is 22.8. The zero-order valence-corrected chi connectivity index (χ0v) is 77.7. The standard InChI is InChI=1S/C23H26F3N5O4.C22H27N5O3.C19H27N5O3.C14H17F3N4O2.C14H16N6O2/c1-22(2,3)35-21(33)30-10-6-8-15(13-30)31-19-16(12-27-31)20(32)29-18(28-19)11-14-7-4-5-9-17(14)34-23(24,25)26;1-22(2,3)30-21(29)26-11-7-10-16(14-26)27-19-17(13-23-27)20(28)25-18(24-19)12-15-8-5-4-6-9-15;1-19(2,3)27-18(26)23-8-7-13(11-23)24-16-14(10-20-24)17(25)22-15(21-16)9-12-5-4-6-12;15-14(16,17)5-1-2-11-19-12-10(13(22)20-11)8-18-21(12)9-3-6-23-7-4-9;21-14-11-8-16-20(10-2-6-22-7-3-10)13(11)17-12(18-14)9-19-5-1-4-15-19/h4-5,7,9,12,15H,6,8,10-11,13H2,1-3H3,(H,28,29,32);4-6,8-9,13,16H,7,10-12,14H2,1-3H3,(H,24,25,28);10,12-13H,4-9,11H2,1-3H3,(H,21,22,25);8-9H,1-7H2,(H,19,20,22);1,4-5,8,10H,2-3,6-7,9H2,(H,17,18,21). The number of para-hydroxylation sites is 1. The number of nitrogens with zero attached hydrogens (tertiary/aromatic N) is 20. The zero-order chi connectivity index (χ0) is 97.3. The Hall–Kier alpha value is -13.5. The van der Waals surface area contributed by atoms with Crippen molar-refractivity contribution in [2.75, 3.05) is 65.7 Å². The lowest BCUT2D eigenvalue weighted by atomic mass is 9.83. The van der Waals surface area contributed by atoms with Crippen molar-refractivity contribution in [2.24, 2.45) is 5.92 Å². The van der Waals surface area contributed by atoms with Crippen LogP contribution >= 0.6 is 0 Å². The topological polar surface area (TPSA) is 452 Å². The van der Waals surface area contributed by atoms with Crippen molar-refractivity contribution in [3.63, 3.8) is 0 Å². The van der Waals surface area contributed by atoms with Crippen LogP contribution in [-0.4, -0.2) is 237 Å². The zero-order valence-electron chi connectivity index (χ0n) is 77.7. The third-order valence-corrected chi connectivity index (χ3v) is 23.8. The number of carbonyl (C=O) groups is 3. The molecule has 6 fully saturated rings. The number of hydrogen-bond donors (Lipinski definition) is 5. The summed E-state index contributed by atoms with van der Waals surface area (Å²) >= 11 is 0. The quantitative estimate of drug-likeness (QED) is 0.0417. The highest BCUT2D eigenvalue weighted by atomic mass is 19.4. The first-order valence-electron chi connectivity index (χ1n) is 46.1. The van der Waals surface area contributed by atoms with E-state index in [1.54, 1.807) is 89.7 Å². The number of benzene rings is 2. The number of halogens is 6. The van der Waals surface area contributed by atoms with Gasteiger partial charge in [0.05, 0.1) is 67.7 Å². The van der Waals surface area contributed by atoms with Crippen molar-refractivity contribution < 1.29 is 69.1 Å². The van der Waals surface area contributed by atoms with Gasteiger partial charge in [-0.05, 0) is 150 Å². The highest BCUT2D eigenvalue weighted by Crippen LogP contribution is 2.35. The molecule has 3 atom stereocenters. The van der Waals surface area contributed by atoms with Crippen molar-refractivity contribution in [1.82, 2.24) is 123 Å². The molecule has 13 aromatic rings. The molecule has 2 aromatic carbocycles. The monoisotopic (exact) mass is 1910 g/mol. The van der Waals surface area contributed by atoms with Crippen LogP contribution in [0.15, 0.2) is 128 Å². The van der Waals surface area contributed by atoms with Crippen molar-refractivity contribution >= 4 is 73.4 Å². The average Bonchev–Trinajstić information content (AvgIpc) is 1.70. The second-order valence-electron chi connectivity index (χ2n) is 37.9. The normalized spacial score (nSPS) is 17.7. The summed E-state index contributed by atoms with van der Waals surface area (Å²) in [6, 6.07) is 17.4. The first kappa shape index (κ1) is 98.0. The number of piperidine rings is 2. The number of fused-ring (bicyclic) bond motifs is 5. The Morgan fingerprint density at radius 3 is 1.23 bits per heavy atom. The molecule has 45 heteroatoms. The molecule has 6 aliphatic rings. The average molecular weight is 1910 g/mol. The second kappa shape index (κ2) is 42.0. The van der Waals surface area contributed by atoms with Gasteiger partial charge in [0.1, 0.15) is 78.6 Å². The Labute approximate surface area is 779 Å². The van der Waals surface area contributed by atoms with Crippen LogP contribution in [-0.2, 0) is 55.9 Å². The molecule has 1 saturated carbocycles. The molecule has 1 aliphatic carbocycles. The van der Waals surface area contributed by atoms with E-state index in [1.807, 2.05) is 88.8 Å². The number of H-pyrrole nitrogens is 5. The Morgan fingerprint density at radius 1 is 0.416 bits per heavy atom. The molecule has 732 valence electrons. The molecular formula is C92H113F6N25O14. The van der Waals surface area contributed by atoms with Gasteiger partial charge in [-0.25, -0.2) is 62.7 Å². The van der Waals surface area contributed by atoms with E-state index < -0.39 is 47.4 Å². The molecule has 16 heterocycles. The number of aryl methyl sites for hydroxylation is 1. The van der Waals surface area contributed by atoms with Gasteiger partial charge < -0.3 is 68.0 Å². The first-order chi connectivity index (χ1) is 65.2. The molecule has 5 N–H and O–H groups in total. The van der Waals surface area contributed by atoms with Crippen LogP contribution in [0.2, 0.25) is 0 Å². The molecule has 0 spiro atoms. The number of alkyl halides is 6. The number of ether oxygens (including phenoxy) is 6. The molecule has 3 amide bonds. The third kappa shape index (κ3) is 25.6. The van der Waals surface area contributed by atoms with E-state index in [2.05, 4.69) is 75.2 Å². The number of likely N-dealkylation sites (tertiary alicyclic amines) is 3.